The van der Waals surface area contributed by atoms with Gasteiger partial charge in [0.05, 0.1) is 11.5 Å². The molecule has 0 spiro atoms. The lowest BCUT2D eigenvalue weighted by Crippen LogP contribution is -2.66. The Labute approximate surface area is 246 Å². The van der Waals surface area contributed by atoms with Crippen molar-refractivity contribution >= 4 is 17.6 Å². The van der Waals surface area contributed by atoms with E-state index in [4.69, 9.17) is 0 Å². The van der Waals surface area contributed by atoms with Gasteiger partial charge < -0.3 is 5.11 Å². The number of anilines is 1. The van der Waals surface area contributed by atoms with Crippen molar-refractivity contribution in [1.29, 1.82) is 0 Å². The van der Waals surface area contributed by atoms with Crippen LogP contribution in [-0.4, -0.2) is 32.9 Å². The molecule has 5 aliphatic carbocycles. The Bertz CT molecular complexity index is 1320. The number of amides is 1. The molecule has 0 saturated heterocycles. The predicted molar refractivity (Wildman–Crippen MR) is 161 cm³/mol. The molecule has 4 saturated carbocycles. The normalized spacial score (nSPS) is 43.2. The first-order valence-corrected chi connectivity index (χ1v) is 16.2. The van der Waals surface area contributed by atoms with Crippen LogP contribution in [0.1, 0.15) is 112 Å². The molecule has 6 heteroatoms. The van der Waals surface area contributed by atoms with E-state index in [9.17, 15) is 14.7 Å². The summed E-state index contributed by atoms with van der Waals surface area (Å²) in [4.78, 5) is 36.8. The molecule has 2 N–H and O–H groups in total. The average Bonchev–Trinajstić information content (AvgIpc) is 3.20. The third-order valence-corrected chi connectivity index (χ3v) is 13.9. The number of hydrogen-bond donors (Lipinski definition) is 2. The van der Waals surface area contributed by atoms with Crippen molar-refractivity contribution in [2.24, 2.45) is 50.7 Å². The van der Waals surface area contributed by atoms with Crippen LogP contribution in [0.15, 0.2) is 23.4 Å². The molecule has 0 radical (unpaired) electrons. The number of nitrogens with one attached hydrogen (secondary N) is 1. The minimum absolute atomic E-state index is 0.00775. The minimum atomic E-state index is -0.810. The standard InChI is InChI=1S/C35H51N3O3/c1-20(2)27-23(39)19-35(29(41)38-30-36-18-13-21(3)37-30)17-16-33(7)22(28(27)35)9-10-25-32(6)14-12-26(40)31(4,5)24(32)11-15-34(25,33)8/h13,18,20,22,24-26,40H,9-12,14-17,19H2,1-8H3,(H,36,37,38,41)/t22-,24+,25-,26+,32+,33-,34-,35-/m1/s1. The molecular formula is C35H51N3O3. The van der Waals surface area contributed by atoms with E-state index in [1.807, 2.05) is 13.0 Å². The number of allylic oxidation sites excluding steroid dienone is 1. The molecular weight excluding hydrogens is 510 g/mol. The van der Waals surface area contributed by atoms with Gasteiger partial charge in [0.1, 0.15) is 0 Å². The zero-order chi connectivity index (χ0) is 29.8. The van der Waals surface area contributed by atoms with Gasteiger partial charge in [-0.05, 0) is 121 Å². The predicted octanol–water partition coefficient (Wildman–Crippen LogP) is 7.07. The van der Waals surface area contributed by atoms with E-state index in [1.165, 1.54) is 0 Å². The lowest BCUT2D eigenvalue weighted by atomic mass is 9.33. The maximum Gasteiger partial charge on any atom is 0.237 e. The van der Waals surface area contributed by atoms with Gasteiger partial charge in [0.25, 0.3) is 0 Å². The fourth-order valence-corrected chi connectivity index (χ4v) is 11.6. The second-order valence-electron chi connectivity index (χ2n) is 16.1. The van der Waals surface area contributed by atoms with Crippen LogP contribution in [0.5, 0.6) is 0 Å². The number of rotatable bonds is 3. The van der Waals surface area contributed by atoms with Crippen molar-refractivity contribution in [2.75, 3.05) is 5.32 Å². The number of aromatic nitrogens is 2. The Morgan fingerprint density at radius 2 is 1.71 bits per heavy atom. The summed E-state index contributed by atoms with van der Waals surface area (Å²) in [6.45, 7) is 18.3. The van der Waals surface area contributed by atoms with Gasteiger partial charge in [0.15, 0.2) is 5.78 Å². The summed E-state index contributed by atoms with van der Waals surface area (Å²) in [6.07, 6.45) is 9.76. The topological polar surface area (TPSA) is 92.2 Å². The van der Waals surface area contributed by atoms with Crippen LogP contribution in [0, 0.1) is 57.7 Å². The van der Waals surface area contributed by atoms with E-state index in [2.05, 4.69) is 63.8 Å². The molecule has 1 aromatic rings. The van der Waals surface area contributed by atoms with Crippen LogP contribution in [0.2, 0.25) is 0 Å². The van der Waals surface area contributed by atoms with Crippen LogP contribution < -0.4 is 5.32 Å². The quantitative estimate of drug-likeness (QED) is 0.412. The molecule has 224 valence electrons. The molecule has 5 aliphatic rings. The summed E-state index contributed by atoms with van der Waals surface area (Å²) < 4.78 is 0. The number of aliphatic hydroxyl groups excluding tert-OH is 1. The molecule has 0 aromatic carbocycles. The zero-order valence-corrected chi connectivity index (χ0v) is 26.6. The molecule has 6 rings (SSSR count). The number of ketones is 1. The number of carbonyl (C=O) groups is 2. The van der Waals surface area contributed by atoms with Crippen molar-refractivity contribution in [1.82, 2.24) is 9.97 Å². The highest BCUT2D eigenvalue weighted by atomic mass is 16.3. The van der Waals surface area contributed by atoms with E-state index in [0.29, 0.717) is 24.2 Å². The Balaban J connectivity index is 1.42. The van der Waals surface area contributed by atoms with Crippen LogP contribution >= 0.6 is 0 Å². The van der Waals surface area contributed by atoms with Crippen molar-refractivity contribution in [3.63, 3.8) is 0 Å². The second kappa shape index (κ2) is 9.21. The smallest absolute Gasteiger partial charge is 0.237 e. The van der Waals surface area contributed by atoms with E-state index in [-0.39, 0.29) is 57.7 Å². The number of nitrogens with zero attached hydrogens (tertiary/aromatic N) is 2. The number of aliphatic hydroxyl groups is 1. The van der Waals surface area contributed by atoms with Gasteiger partial charge in [-0.25, -0.2) is 9.97 Å². The summed E-state index contributed by atoms with van der Waals surface area (Å²) in [5, 5.41) is 14.1. The van der Waals surface area contributed by atoms with Crippen LogP contribution in [0.25, 0.3) is 0 Å². The summed E-state index contributed by atoms with van der Waals surface area (Å²) in [6, 6.07) is 1.82. The number of aryl methyl sites for hydroxylation is 1. The number of fused-ring (bicyclic) bond motifs is 7. The summed E-state index contributed by atoms with van der Waals surface area (Å²) in [5.41, 5.74) is 2.31. The van der Waals surface area contributed by atoms with E-state index >= 15 is 0 Å². The van der Waals surface area contributed by atoms with Gasteiger partial charge in [-0.3, -0.25) is 14.9 Å². The molecule has 0 bridgehead atoms. The van der Waals surface area contributed by atoms with Gasteiger partial charge in [-0.1, -0.05) is 48.5 Å². The molecule has 0 unspecified atom stereocenters. The van der Waals surface area contributed by atoms with Gasteiger partial charge in [-0.2, -0.15) is 0 Å². The first-order chi connectivity index (χ1) is 19.1. The Kier molecular flexibility index (Phi) is 6.52. The van der Waals surface area contributed by atoms with E-state index in [0.717, 1.165) is 61.8 Å². The fourth-order valence-electron chi connectivity index (χ4n) is 11.6. The summed E-state index contributed by atoms with van der Waals surface area (Å²) >= 11 is 0. The molecule has 1 amide bonds. The Morgan fingerprint density at radius 1 is 0.976 bits per heavy atom. The molecule has 8 atom stereocenters. The maximum absolute atomic E-state index is 14.3. The van der Waals surface area contributed by atoms with E-state index < -0.39 is 5.41 Å². The molecule has 0 aliphatic heterocycles. The van der Waals surface area contributed by atoms with Crippen LogP contribution in [0.4, 0.5) is 5.95 Å². The highest BCUT2D eigenvalue weighted by Crippen LogP contribution is 2.76. The van der Waals surface area contributed by atoms with Gasteiger partial charge in [-0.15, -0.1) is 0 Å². The molecule has 1 heterocycles. The maximum atomic E-state index is 14.3. The largest absolute Gasteiger partial charge is 0.393 e. The monoisotopic (exact) mass is 561 g/mol. The third kappa shape index (κ3) is 3.77. The highest BCUT2D eigenvalue weighted by molar-refractivity contribution is 6.09. The van der Waals surface area contributed by atoms with Crippen LogP contribution in [-0.2, 0) is 9.59 Å². The van der Waals surface area contributed by atoms with Crippen molar-refractivity contribution < 1.29 is 14.7 Å². The van der Waals surface area contributed by atoms with Gasteiger partial charge in [0.2, 0.25) is 11.9 Å². The fraction of sp³-hybridized carbons (Fsp3) is 0.771. The average molecular weight is 562 g/mol. The first-order valence-electron chi connectivity index (χ1n) is 16.2. The summed E-state index contributed by atoms with van der Waals surface area (Å²) in [7, 11) is 0. The lowest BCUT2D eigenvalue weighted by molar-refractivity contribution is -0.228. The third-order valence-electron chi connectivity index (χ3n) is 13.9. The summed E-state index contributed by atoms with van der Waals surface area (Å²) in [5.74, 6) is 1.77. The Hall–Kier alpha value is -2.08. The molecule has 41 heavy (non-hydrogen) atoms. The minimum Gasteiger partial charge on any atom is -0.393 e. The molecule has 6 nitrogen and oxygen atoms in total. The second-order valence-corrected chi connectivity index (χ2v) is 16.1. The number of hydrogen-bond acceptors (Lipinski definition) is 5. The molecule has 4 fully saturated rings. The van der Waals surface area contributed by atoms with Crippen molar-refractivity contribution in [3.05, 3.63) is 29.1 Å². The SMILES string of the molecule is Cc1ccnc(NC(=O)[C@@]23CC[C@]4(C)[C@H](CC[C@@H]5[C@@]6(C)CC[C@H](O)C(C)(C)[C@@H]6CC[C@]54C)C2=C(C(C)C)C(=O)C3)n1. The van der Waals surface area contributed by atoms with Crippen molar-refractivity contribution in [3.8, 4) is 0 Å². The Morgan fingerprint density at radius 3 is 2.39 bits per heavy atom. The highest BCUT2D eigenvalue weighted by Gasteiger charge is 2.70. The van der Waals surface area contributed by atoms with Crippen LogP contribution in [0.3, 0.4) is 0 Å². The number of Topliss-reactive ketones (excluding diaryl/α,β-unsaturated/α-hetero) is 1. The number of carbonyl (C=O) groups excluding carboxylic acids is 2. The molecule has 1 aromatic heterocycles. The first kappa shape index (κ1) is 29.0. The van der Waals surface area contributed by atoms with Crippen molar-refractivity contribution in [2.45, 2.75) is 119 Å². The van der Waals surface area contributed by atoms with E-state index in [1.54, 1.807) is 6.20 Å². The zero-order valence-electron chi connectivity index (χ0n) is 26.6. The van der Waals surface area contributed by atoms with Gasteiger partial charge >= 0.3 is 0 Å². The lowest BCUT2D eigenvalue weighted by Gasteiger charge is -2.72. The van der Waals surface area contributed by atoms with Gasteiger partial charge in [0, 0.05) is 18.3 Å².